The van der Waals surface area contributed by atoms with Gasteiger partial charge in [0.05, 0.1) is 6.61 Å². The van der Waals surface area contributed by atoms with Gasteiger partial charge in [0, 0.05) is 26.8 Å². The standard InChI is InChI=1S/C11H20N2O5/c1-18-7-8-2-4-13(5-3-8)11(17)12-9(6-14)10(15)16/h8-9,14H,2-7H2,1H3,(H,12,17)(H,15,16)/t9-/m1/s1. The Kier molecular flexibility index (Phi) is 5.87. The number of methoxy groups -OCH3 is 1. The van der Waals surface area contributed by atoms with Crippen molar-refractivity contribution in [1.29, 1.82) is 0 Å². The van der Waals surface area contributed by atoms with Gasteiger partial charge in [-0.15, -0.1) is 0 Å². The molecule has 0 aromatic carbocycles. The zero-order valence-electron chi connectivity index (χ0n) is 10.5. The van der Waals surface area contributed by atoms with E-state index in [0.29, 0.717) is 25.6 Å². The normalized spacial score (nSPS) is 18.4. The highest BCUT2D eigenvalue weighted by molar-refractivity contribution is 5.82. The number of aliphatic hydroxyl groups excluding tert-OH is 1. The zero-order chi connectivity index (χ0) is 13.5. The van der Waals surface area contributed by atoms with Crippen molar-refractivity contribution in [2.75, 3.05) is 33.4 Å². The molecule has 1 heterocycles. The second-order valence-electron chi connectivity index (χ2n) is 4.41. The predicted octanol–water partition coefficient (Wildman–Crippen LogP) is -0.500. The number of aliphatic carboxylic acids is 1. The van der Waals surface area contributed by atoms with Gasteiger partial charge in [0.15, 0.2) is 6.04 Å². The minimum absolute atomic E-state index is 0.438. The number of aliphatic hydroxyl groups is 1. The molecule has 2 amide bonds. The minimum Gasteiger partial charge on any atom is -0.480 e. The van der Waals surface area contributed by atoms with Crippen LogP contribution in [-0.4, -0.2) is 66.6 Å². The van der Waals surface area contributed by atoms with Gasteiger partial charge in [0.25, 0.3) is 0 Å². The third-order valence-electron chi connectivity index (χ3n) is 3.08. The Balaban J connectivity index is 2.38. The molecule has 3 N–H and O–H groups in total. The number of rotatable bonds is 5. The van der Waals surface area contributed by atoms with Gasteiger partial charge in [-0.2, -0.15) is 0 Å². The van der Waals surface area contributed by atoms with Crippen molar-refractivity contribution in [1.82, 2.24) is 10.2 Å². The minimum atomic E-state index is -1.24. The fourth-order valence-corrected chi connectivity index (χ4v) is 1.96. The molecule has 1 aliphatic rings. The highest BCUT2D eigenvalue weighted by atomic mass is 16.5. The van der Waals surface area contributed by atoms with Crippen molar-refractivity contribution in [3.05, 3.63) is 0 Å². The first-order chi connectivity index (χ1) is 8.58. The Bertz CT molecular complexity index is 289. The molecule has 1 fully saturated rings. The second kappa shape index (κ2) is 7.17. The summed E-state index contributed by atoms with van der Waals surface area (Å²) in [5, 5.41) is 19.8. The maximum Gasteiger partial charge on any atom is 0.328 e. The number of nitrogens with zero attached hydrogens (tertiary/aromatic N) is 1. The highest BCUT2D eigenvalue weighted by Gasteiger charge is 2.26. The Labute approximate surface area is 106 Å². The van der Waals surface area contributed by atoms with Gasteiger partial charge in [-0.3, -0.25) is 0 Å². The van der Waals surface area contributed by atoms with E-state index in [2.05, 4.69) is 5.32 Å². The Morgan fingerprint density at radius 1 is 1.44 bits per heavy atom. The average molecular weight is 260 g/mol. The van der Waals surface area contributed by atoms with E-state index in [9.17, 15) is 9.59 Å². The number of nitrogens with one attached hydrogen (secondary N) is 1. The molecule has 104 valence electrons. The topological polar surface area (TPSA) is 99.1 Å². The zero-order valence-corrected chi connectivity index (χ0v) is 10.5. The van der Waals surface area contributed by atoms with Gasteiger partial charge in [-0.1, -0.05) is 0 Å². The summed E-state index contributed by atoms with van der Waals surface area (Å²) in [6, 6.07) is -1.68. The van der Waals surface area contributed by atoms with E-state index in [1.807, 2.05) is 0 Å². The van der Waals surface area contributed by atoms with E-state index in [0.717, 1.165) is 12.8 Å². The number of carboxylic acids is 1. The number of carboxylic acid groups (broad SMARTS) is 1. The molecule has 1 saturated heterocycles. The summed E-state index contributed by atoms with van der Waals surface area (Å²) in [6.45, 7) is 1.24. The van der Waals surface area contributed by atoms with Crippen LogP contribution in [-0.2, 0) is 9.53 Å². The van der Waals surface area contributed by atoms with Crippen LogP contribution in [0.4, 0.5) is 4.79 Å². The van der Waals surface area contributed by atoms with Crippen molar-refractivity contribution in [3.63, 3.8) is 0 Å². The van der Waals surface area contributed by atoms with E-state index in [4.69, 9.17) is 14.9 Å². The lowest BCUT2D eigenvalue weighted by atomic mass is 9.98. The fourth-order valence-electron chi connectivity index (χ4n) is 1.96. The number of urea groups is 1. The lowest BCUT2D eigenvalue weighted by Gasteiger charge is -2.32. The second-order valence-corrected chi connectivity index (χ2v) is 4.41. The fraction of sp³-hybridized carbons (Fsp3) is 0.818. The lowest BCUT2D eigenvalue weighted by molar-refractivity contribution is -0.140. The third kappa shape index (κ3) is 4.15. The first-order valence-electron chi connectivity index (χ1n) is 5.96. The monoisotopic (exact) mass is 260 g/mol. The molecule has 1 rings (SSSR count). The van der Waals surface area contributed by atoms with E-state index < -0.39 is 24.6 Å². The van der Waals surface area contributed by atoms with Crippen LogP contribution in [0.2, 0.25) is 0 Å². The molecular formula is C11H20N2O5. The summed E-state index contributed by atoms with van der Waals surface area (Å²) in [4.78, 5) is 24.0. The van der Waals surface area contributed by atoms with Gasteiger partial charge < -0.3 is 25.2 Å². The number of ether oxygens (including phenoxy) is 1. The number of likely N-dealkylation sites (tertiary alicyclic amines) is 1. The van der Waals surface area contributed by atoms with Crippen molar-refractivity contribution < 1.29 is 24.5 Å². The van der Waals surface area contributed by atoms with Gasteiger partial charge in [-0.05, 0) is 18.8 Å². The molecule has 18 heavy (non-hydrogen) atoms. The van der Waals surface area contributed by atoms with E-state index >= 15 is 0 Å². The molecule has 0 radical (unpaired) electrons. The molecular weight excluding hydrogens is 240 g/mol. The van der Waals surface area contributed by atoms with Crippen LogP contribution < -0.4 is 5.32 Å². The Morgan fingerprint density at radius 2 is 2.06 bits per heavy atom. The number of carbonyl (C=O) groups excluding carboxylic acids is 1. The smallest absolute Gasteiger partial charge is 0.328 e. The summed E-state index contributed by atoms with van der Waals surface area (Å²) in [5.74, 6) is -0.785. The predicted molar refractivity (Wildman–Crippen MR) is 63.2 cm³/mol. The molecule has 7 heteroatoms. The SMILES string of the molecule is COCC1CCN(C(=O)N[C@H](CO)C(=O)O)CC1. The van der Waals surface area contributed by atoms with Gasteiger partial charge in [0.2, 0.25) is 0 Å². The number of piperidine rings is 1. The van der Waals surface area contributed by atoms with Gasteiger partial charge in [-0.25, -0.2) is 9.59 Å². The summed E-state index contributed by atoms with van der Waals surface area (Å²) >= 11 is 0. The van der Waals surface area contributed by atoms with Crippen LogP contribution in [0.5, 0.6) is 0 Å². The molecule has 0 unspecified atom stereocenters. The molecule has 7 nitrogen and oxygen atoms in total. The van der Waals surface area contributed by atoms with Crippen LogP contribution in [0.15, 0.2) is 0 Å². The Hall–Kier alpha value is -1.34. The molecule has 0 spiro atoms. The van der Waals surface area contributed by atoms with Gasteiger partial charge in [0.1, 0.15) is 0 Å². The van der Waals surface area contributed by atoms with Crippen LogP contribution in [0.3, 0.4) is 0 Å². The van der Waals surface area contributed by atoms with Gasteiger partial charge >= 0.3 is 12.0 Å². The van der Waals surface area contributed by atoms with Crippen LogP contribution in [0.25, 0.3) is 0 Å². The average Bonchev–Trinajstić information content (AvgIpc) is 2.36. The van der Waals surface area contributed by atoms with Crippen molar-refractivity contribution in [2.24, 2.45) is 5.92 Å². The highest BCUT2D eigenvalue weighted by Crippen LogP contribution is 2.17. The largest absolute Gasteiger partial charge is 0.480 e. The maximum absolute atomic E-state index is 11.7. The molecule has 1 aliphatic heterocycles. The molecule has 0 aromatic rings. The summed E-state index contributed by atoms with van der Waals surface area (Å²) in [6.07, 6.45) is 1.69. The lowest BCUT2D eigenvalue weighted by Crippen LogP contribution is -2.51. The van der Waals surface area contributed by atoms with Crippen LogP contribution in [0.1, 0.15) is 12.8 Å². The van der Waals surface area contributed by atoms with Crippen molar-refractivity contribution >= 4 is 12.0 Å². The van der Waals surface area contributed by atoms with Crippen LogP contribution in [0, 0.1) is 5.92 Å². The van der Waals surface area contributed by atoms with Crippen molar-refractivity contribution in [2.45, 2.75) is 18.9 Å². The van der Waals surface area contributed by atoms with E-state index in [1.54, 1.807) is 12.0 Å². The molecule has 1 atom stereocenters. The molecule has 0 saturated carbocycles. The summed E-state index contributed by atoms with van der Waals surface area (Å²) in [5.41, 5.74) is 0. The third-order valence-corrected chi connectivity index (χ3v) is 3.08. The van der Waals surface area contributed by atoms with E-state index in [1.165, 1.54) is 0 Å². The number of hydrogen-bond acceptors (Lipinski definition) is 4. The summed E-state index contributed by atoms with van der Waals surface area (Å²) in [7, 11) is 1.65. The number of amides is 2. The first kappa shape index (κ1) is 14.7. The molecule has 0 aromatic heterocycles. The Morgan fingerprint density at radius 3 is 2.50 bits per heavy atom. The molecule has 0 bridgehead atoms. The molecule has 0 aliphatic carbocycles. The maximum atomic E-state index is 11.7. The number of carbonyl (C=O) groups is 2. The van der Waals surface area contributed by atoms with Crippen molar-refractivity contribution in [3.8, 4) is 0 Å². The van der Waals surface area contributed by atoms with Crippen LogP contribution >= 0.6 is 0 Å². The quantitative estimate of drug-likeness (QED) is 0.619. The first-order valence-corrected chi connectivity index (χ1v) is 5.96. The number of hydrogen-bond donors (Lipinski definition) is 3. The van der Waals surface area contributed by atoms with E-state index in [-0.39, 0.29) is 0 Å². The summed E-state index contributed by atoms with van der Waals surface area (Å²) < 4.78 is 5.06.